The first-order valence-electron chi connectivity index (χ1n) is 9.89. The average molecular weight is 459 g/mol. The molecule has 0 spiro atoms. The van der Waals surface area contributed by atoms with Crippen molar-refractivity contribution in [3.8, 4) is 5.75 Å². The van der Waals surface area contributed by atoms with Crippen LogP contribution in [0, 0.1) is 0 Å². The second-order valence-corrected chi connectivity index (χ2v) is 7.40. The van der Waals surface area contributed by atoms with Gasteiger partial charge in [-0.25, -0.2) is 4.68 Å². The number of amides is 1. The lowest BCUT2D eigenvalue weighted by molar-refractivity contribution is 0.0946. The molecule has 0 radical (unpaired) electrons. The van der Waals surface area contributed by atoms with Crippen LogP contribution in [0.15, 0.2) is 30.5 Å². The zero-order valence-electron chi connectivity index (χ0n) is 17.5. The molecule has 10 heteroatoms. The van der Waals surface area contributed by atoms with Crippen molar-refractivity contribution in [3.05, 3.63) is 41.7 Å². The summed E-state index contributed by atoms with van der Waals surface area (Å²) in [7, 11) is 4.11. The molecule has 0 unspecified atom stereocenters. The molecule has 2 heterocycles. The number of carbonyl (C=O) groups is 1. The third kappa shape index (κ3) is 8.10. The molecule has 1 aliphatic rings. The molecule has 168 valence electrons. The number of rotatable bonds is 9. The molecule has 30 heavy (non-hydrogen) atoms. The highest BCUT2D eigenvalue weighted by molar-refractivity contribution is 5.91. The highest BCUT2D eigenvalue weighted by Crippen LogP contribution is 2.17. The number of nitrogens with one attached hydrogen (secondary N) is 2. The largest absolute Gasteiger partial charge is 0.494 e. The van der Waals surface area contributed by atoms with Crippen LogP contribution in [0.5, 0.6) is 5.75 Å². The third-order valence-corrected chi connectivity index (χ3v) is 4.82. The van der Waals surface area contributed by atoms with Gasteiger partial charge >= 0.3 is 0 Å². The van der Waals surface area contributed by atoms with Crippen LogP contribution in [0.4, 0.5) is 0 Å². The Bertz CT molecular complexity index is 748. The number of hydrogen-bond acceptors (Lipinski definition) is 6. The van der Waals surface area contributed by atoms with E-state index in [9.17, 15) is 4.79 Å². The van der Waals surface area contributed by atoms with Crippen molar-refractivity contribution >= 4 is 30.7 Å². The number of aromatic nitrogens is 3. The van der Waals surface area contributed by atoms with E-state index < -0.39 is 0 Å². The zero-order valence-corrected chi connectivity index (χ0v) is 19.2. The molecule has 0 atom stereocenters. The molecule has 2 N–H and O–H groups in total. The molecule has 1 aromatic carbocycles. The van der Waals surface area contributed by atoms with E-state index in [-0.39, 0.29) is 30.7 Å². The summed E-state index contributed by atoms with van der Waals surface area (Å²) in [6.45, 7) is 4.09. The van der Waals surface area contributed by atoms with Gasteiger partial charge in [-0.1, -0.05) is 17.3 Å². The molecular formula is C20H32Cl2N6O2. The number of piperidine rings is 1. The first-order chi connectivity index (χ1) is 13.6. The molecule has 1 aliphatic heterocycles. The van der Waals surface area contributed by atoms with E-state index in [0.717, 1.165) is 50.2 Å². The summed E-state index contributed by atoms with van der Waals surface area (Å²) in [6, 6.07) is 8.12. The molecular weight excluding hydrogens is 427 g/mol. The summed E-state index contributed by atoms with van der Waals surface area (Å²) in [5.74, 6) is 0.642. The van der Waals surface area contributed by atoms with Crippen LogP contribution in [-0.2, 0) is 6.54 Å². The number of benzene rings is 1. The number of halogens is 2. The summed E-state index contributed by atoms with van der Waals surface area (Å²) in [5.41, 5.74) is 1.37. The molecule has 1 saturated heterocycles. The third-order valence-electron chi connectivity index (χ3n) is 4.82. The average Bonchev–Trinajstić information content (AvgIpc) is 3.21. The standard InChI is InChI=1S/C20H30N6O2.2ClH/c1-25(2)12-3-13-28-18-6-4-16(5-7-18)14-22-20(27)19-15-26(24-23-19)17-8-10-21-11-9-17;;/h4-7,15,17,21H,3,8-14H2,1-2H3,(H,22,27);2*1H. The molecule has 1 amide bonds. The van der Waals surface area contributed by atoms with Crippen LogP contribution < -0.4 is 15.4 Å². The molecule has 3 rings (SSSR count). The SMILES string of the molecule is CN(C)CCCOc1ccc(CNC(=O)c2cn(C3CCNCC3)nn2)cc1.Cl.Cl. The maximum atomic E-state index is 12.3. The van der Waals surface area contributed by atoms with Gasteiger partial charge in [0.05, 0.1) is 18.8 Å². The van der Waals surface area contributed by atoms with Crippen molar-refractivity contribution < 1.29 is 9.53 Å². The van der Waals surface area contributed by atoms with E-state index >= 15 is 0 Å². The van der Waals surface area contributed by atoms with E-state index in [2.05, 4.69) is 39.9 Å². The molecule has 8 nitrogen and oxygen atoms in total. The molecule has 0 aliphatic carbocycles. The lowest BCUT2D eigenvalue weighted by Gasteiger charge is -2.22. The Kier molecular flexibility index (Phi) is 11.7. The van der Waals surface area contributed by atoms with Crippen molar-refractivity contribution in [3.63, 3.8) is 0 Å². The van der Waals surface area contributed by atoms with E-state index in [1.54, 1.807) is 6.20 Å². The van der Waals surface area contributed by atoms with Crippen molar-refractivity contribution in [2.24, 2.45) is 0 Å². The first-order valence-corrected chi connectivity index (χ1v) is 9.89. The van der Waals surface area contributed by atoms with Gasteiger partial charge in [0, 0.05) is 13.1 Å². The molecule has 2 aromatic rings. The molecule has 1 fully saturated rings. The summed E-state index contributed by atoms with van der Waals surface area (Å²) in [5, 5.41) is 14.4. The maximum absolute atomic E-state index is 12.3. The predicted molar refractivity (Wildman–Crippen MR) is 122 cm³/mol. The van der Waals surface area contributed by atoms with Gasteiger partial charge in [0.2, 0.25) is 0 Å². The Labute approximate surface area is 190 Å². The molecule has 0 saturated carbocycles. The number of ether oxygens (including phenoxy) is 1. The highest BCUT2D eigenvalue weighted by atomic mass is 35.5. The minimum Gasteiger partial charge on any atom is -0.494 e. The topological polar surface area (TPSA) is 84.3 Å². The van der Waals surface area contributed by atoms with Crippen molar-refractivity contribution in [1.29, 1.82) is 0 Å². The van der Waals surface area contributed by atoms with Crippen LogP contribution in [-0.4, -0.2) is 66.1 Å². The second-order valence-electron chi connectivity index (χ2n) is 7.40. The van der Waals surface area contributed by atoms with E-state index in [1.807, 2.05) is 28.9 Å². The number of nitrogens with zero attached hydrogens (tertiary/aromatic N) is 4. The quantitative estimate of drug-likeness (QED) is 0.560. The summed E-state index contributed by atoms with van der Waals surface area (Å²) in [4.78, 5) is 14.5. The van der Waals surface area contributed by atoms with Crippen molar-refractivity contribution in [2.75, 3.05) is 40.3 Å². The second kappa shape index (κ2) is 13.4. The van der Waals surface area contributed by atoms with E-state index in [4.69, 9.17) is 4.74 Å². The number of carbonyl (C=O) groups excluding carboxylic acids is 1. The number of hydrogen-bond donors (Lipinski definition) is 2. The van der Waals surface area contributed by atoms with Gasteiger partial charge in [-0.3, -0.25) is 4.79 Å². The van der Waals surface area contributed by atoms with Gasteiger partial charge in [0.25, 0.3) is 5.91 Å². The molecule has 1 aromatic heterocycles. The first kappa shape index (κ1) is 26.2. The fourth-order valence-electron chi connectivity index (χ4n) is 3.18. The Morgan fingerprint density at radius 1 is 1.23 bits per heavy atom. The summed E-state index contributed by atoms with van der Waals surface area (Å²) in [6.07, 6.45) is 4.75. The maximum Gasteiger partial charge on any atom is 0.273 e. The van der Waals surface area contributed by atoms with Gasteiger partial charge in [-0.05, 0) is 64.1 Å². The lowest BCUT2D eigenvalue weighted by atomic mass is 10.1. The highest BCUT2D eigenvalue weighted by Gasteiger charge is 2.18. The lowest BCUT2D eigenvalue weighted by Crippen LogP contribution is -2.29. The van der Waals surface area contributed by atoms with Gasteiger partial charge < -0.3 is 20.3 Å². The molecule has 0 bridgehead atoms. The fourth-order valence-corrected chi connectivity index (χ4v) is 3.18. The van der Waals surface area contributed by atoms with E-state index in [0.29, 0.717) is 24.9 Å². The zero-order chi connectivity index (χ0) is 19.8. The van der Waals surface area contributed by atoms with E-state index in [1.165, 1.54) is 0 Å². The Hall–Kier alpha value is -1.87. The minimum absolute atomic E-state index is 0. The van der Waals surface area contributed by atoms with Gasteiger partial charge in [-0.15, -0.1) is 29.9 Å². The minimum atomic E-state index is -0.204. The predicted octanol–water partition coefficient (Wildman–Crippen LogP) is 2.31. The Morgan fingerprint density at radius 2 is 1.93 bits per heavy atom. The Morgan fingerprint density at radius 3 is 2.60 bits per heavy atom. The smallest absolute Gasteiger partial charge is 0.273 e. The van der Waals surface area contributed by atoms with Crippen LogP contribution in [0.2, 0.25) is 0 Å². The summed E-state index contributed by atoms with van der Waals surface area (Å²) >= 11 is 0. The van der Waals surface area contributed by atoms with Crippen LogP contribution in [0.25, 0.3) is 0 Å². The summed E-state index contributed by atoms with van der Waals surface area (Å²) < 4.78 is 7.54. The van der Waals surface area contributed by atoms with Crippen LogP contribution >= 0.6 is 24.8 Å². The monoisotopic (exact) mass is 458 g/mol. The fraction of sp³-hybridized carbons (Fsp3) is 0.550. The van der Waals surface area contributed by atoms with Gasteiger partial charge in [-0.2, -0.15) is 0 Å². The van der Waals surface area contributed by atoms with Gasteiger partial charge in [0.1, 0.15) is 5.75 Å². The normalized spacial score (nSPS) is 14.0. The van der Waals surface area contributed by atoms with Crippen LogP contribution in [0.1, 0.15) is 41.4 Å². The van der Waals surface area contributed by atoms with Crippen molar-refractivity contribution in [2.45, 2.75) is 31.8 Å². The van der Waals surface area contributed by atoms with Gasteiger partial charge in [0.15, 0.2) is 5.69 Å². The van der Waals surface area contributed by atoms with Crippen LogP contribution in [0.3, 0.4) is 0 Å². The van der Waals surface area contributed by atoms with Crippen molar-refractivity contribution in [1.82, 2.24) is 30.5 Å². The Balaban J connectivity index is 0.00000225.